The minimum Gasteiger partial charge on any atom is -0.409 e. The van der Waals surface area contributed by atoms with E-state index >= 15 is 0 Å². The van der Waals surface area contributed by atoms with Gasteiger partial charge in [0, 0.05) is 18.2 Å². The van der Waals surface area contributed by atoms with Crippen molar-refractivity contribution < 1.29 is 14.7 Å². The van der Waals surface area contributed by atoms with Gasteiger partial charge in [-0.3, -0.25) is 4.90 Å². The predicted molar refractivity (Wildman–Crippen MR) is 78.7 cm³/mol. The van der Waals surface area contributed by atoms with Crippen molar-refractivity contribution in [2.75, 3.05) is 13.2 Å². The number of halogens is 1. The lowest BCUT2D eigenvalue weighted by Crippen LogP contribution is -2.37. The molecule has 4 N–H and O–H groups in total. The van der Waals surface area contributed by atoms with E-state index in [1.54, 1.807) is 12.1 Å². The van der Waals surface area contributed by atoms with Crippen LogP contribution in [0.2, 0.25) is 0 Å². The summed E-state index contributed by atoms with van der Waals surface area (Å²) in [5.74, 6) is -0.697. The smallest absolute Gasteiger partial charge is 0.173 e. The summed E-state index contributed by atoms with van der Waals surface area (Å²) in [5, 5.41) is 21.1. The van der Waals surface area contributed by atoms with Crippen LogP contribution in [-0.2, 0) is 6.54 Å². The monoisotopic (exact) mass is 295 g/mol. The van der Waals surface area contributed by atoms with E-state index in [0.29, 0.717) is 12.1 Å². The maximum Gasteiger partial charge on any atom is 0.173 e. The molecule has 5 nitrogen and oxygen atoms in total. The minimum absolute atomic E-state index is 0.0689. The molecule has 1 aromatic carbocycles. The number of hydrogen-bond donors (Lipinski definition) is 3. The standard InChI is InChI=1S/C15H22FN3O2/c16-14-11(5-4-7-13(14)15(17)18-21)9-19-8-3-1-2-6-12(19)10-20/h4-5,7,12,20-21H,1-3,6,8-10H2,(H2,17,18). The first-order valence-corrected chi connectivity index (χ1v) is 7.27. The molecular formula is C15H22FN3O2. The van der Waals surface area contributed by atoms with Crippen molar-refractivity contribution in [2.24, 2.45) is 10.9 Å². The molecule has 0 bridgehead atoms. The number of nitrogens with two attached hydrogens (primary N) is 1. The number of amidine groups is 1. The summed E-state index contributed by atoms with van der Waals surface area (Å²) in [7, 11) is 0. The quantitative estimate of drug-likeness (QED) is 0.341. The average Bonchev–Trinajstić information content (AvgIpc) is 2.73. The zero-order valence-electron chi connectivity index (χ0n) is 12.0. The largest absolute Gasteiger partial charge is 0.409 e. The SMILES string of the molecule is N/C(=N/O)c1cccc(CN2CCCCCC2CO)c1F. The van der Waals surface area contributed by atoms with Gasteiger partial charge in [-0.05, 0) is 25.5 Å². The van der Waals surface area contributed by atoms with E-state index in [1.807, 2.05) is 0 Å². The molecule has 1 unspecified atom stereocenters. The van der Waals surface area contributed by atoms with Gasteiger partial charge in [-0.15, -0.1) is 0 Å². The summed E-state index contributed by atoms with van der Waals surface area (Å²) < 4.78 is 14.4. The predicted octanol–water partition coefficient (Wildman–Crippen LogP) is 1.66. The Morgan fingerprint density at radius 2 is 2.19 bits per heavy atom. The minimum atomic E-state index is -0.464. The summed E-state index contributed by atoms with van der Waals surface area (Å²) in [6.45, 7) is 1.35. The van der Waals surface area contributed by atoms with Gasteiger partial charge >= 0.3 is 0 Å². The summed E-state index contributed by atoms with van der Waals surface area (Å²) >= 11 is 0. The summed E-state index contributed by atoms with van der Waals surface area (Å²) in [4.78, 5) is 2.11. The molecule has 1 fully saturated rings. The number of oxime groups is 1. The molecule has 1 aliphatic rings. The third kappa shape index (κ3) is 3.71. The van der Waals surface area contributed by atoms with Crippen LogP contribution in [0.3, 0.4) is 0 Å². The molecule has 0 saturated carbocycles. The van der Waals surface area contributed by atoms with Crippen LogP contribution >= 0.6 is 0 Å². The first-order valence-electron chi connectivity index (χ1n) is 7.27. The number of rotatable bonds is 4. The molecule has 1 saturated heterocycles. The van der Waals surface area contributed by atoms with Gasteiger partial charge in [0.1, 0.15) is 5.82 Å². The zero-order chi connectivity index (χ0) is 15.2. The number of likely N-dealkylation sites (tertiary alicyclic amines) is 1. The molecule has 0 aromatic heterocycles. The van der Waals surface area contributed by atoms with E-state index in [9.17, 15) is 9.50 Å². The number of benzene rings is 1. The Labute approximate surface area is 123 Å². The van der Waals surface area contributed by atoms with Crippen LogP contribution < -0.4 is 5.73 Å². The Balaban J connectivity index is 2.22. The first kappa shape index (κ1) is 15.7. The van der Waals surface area contributed by atoms with Gasteiger partial charge < -0.3 is 16.0 Å². The molecule has 1 atom stereocenters. The van der Waals surface area contributed by atoms with Crippen molar-refractivity contribution in [1.82, 2.24) is 4.90 Å². The number of aliphatic hydroxyl groups is 1. The van der Waals surface area contributed by atoms with Gasteiger partial charge in [-0.25, -0.2) is 4.39 Å². The highest BCUT2D eigenvalue weighted by Crippen LogP contribution is 2.21. The lowest BCUT2D eigenvalue weighted by Gasteiger charge is -2.28. The molecule has 0 radical (unpaired) electrons. The van der Waals surface area contributed by atoms with Gasteiger partial charge in [0.15, 0.2) is 5.84 Å². The zero-order valence-corrected chi connectivity index (χ0v) is 12.0. The van der Waals surface area contributed by atoms with Gasteiger partial charge in [0.05, 0.1) is 12.2 Å². The van der Waals surface area contributed by atoms with E-state index < -0.39 is 5.82 Å². The Morgan fingerprint density at radius 3 is 2.90 bits per heavy atom. The second-order valence-electron chi connectivity index (χ2n) is 5.42. The molecule has 1 aliphatic heterocycles. The second-order valence-corrected chi connectivity index (χ2v) is 5.42. The Hall–Kier alpha value is -1.66. The Kier molecular flexibility index (Phi) is 5.52. The van der Waals surface area contributed by atoms with Crippen molar-refractivity contribution in [2.45, 2.75) is 38.3 Å². The van der Waals surface area contributed by atoms with Crippen molar-refractivity contribution in [3.63, 3.8) is 0 Å². The number of hydrogen-bond acceptors (Lipinski definition) is 4. The third-order valence-corrected chi connectivity index (χ3v) is 4.05. The van der Waals surface area contributed by atoms with Crippen LogP contribution in [0.15, 0.2) is 23.4 Å². The average molecular weight is 295 g/mol. The Bertz CT molecular complexity index is 508. The Morgan fingerprint density at radius 1 is 1.38 bits per heavy atom. The fourth-order valence-corrected chi connectivity index (χ4v) is 2.82. The van der Waals surface area contributed by atoms with Crippen LogP contribution in [0, 0.1) is 5.82 Å². The molecule has 2 rings (SSSR count). The van der Waals surface area contributed by atoms with E-state index in [-0.39, 0.29) is 24.0 Å². The highest BCUT2D eigenvalue weighted by atomic mass is 19.1. The lowest BCUT2D eigenvalue weighted by molar-refractivity contribution is 0.117. The third-order valence-electron chi connectivity index (χ3n) is 4.05. The van der Waals surface area contributed by atoms with E-state index in [0.717, 1.165) is 32.2 Å². The lowest BCUT2D eigenvalue weighted by atomic mass is 10.1. The number of nitrogens with zero attached hydrogens (tertiary/aromatic N) is 2. The first-order chi connectivity index (χ1) is 10.2. The van der Waals surface area contributed by atoms with E-state index in [1.165, 1.54) is 6.07 Å². The number of aliphatic hydroxyl groups excluding tert-OH is 1. The molecule has 6 heteroatoms. The normalized spacial score (nSPS) is 21.2. The summed E-state index contributed by atoms with van der Waals surface area (Å²) in [6, 6.07) is 4.94. The molecule has 21 heavy (non-hydrogen) atoms. The highest BCUT2D eigenvalue weighted by Gasteiger charge is 2.22. The van der Waals surface area contributed by atoms with Gasteiger partial charge in [-0.1, -0.05) is 30.1 Å². The van der Waals surface area contributed by atoms with Crippen molar-refractivity contribution in [1.29, 1.82) is 0 Å². The second kappa shape index (κ2) is 7.38. The summed E-state index contributed by atoms with van der Waals surface area (Å²) in [6.07, 6.45) is 4.21. The van der Waals surface area contributed by atoms with E-state index in [2.05, 4.69) is 10.1 Å². The van der Waals surface area contributed by atoms with Gasteiger partial charge in [0.2, 0.25) is 0 Å². The maximum atomic E-state index is 14.4. The van der Waals surface area contributed by atoms with Crippen LogP contribution in [-0.4, -0.2) is 40.2 Å². The van der Waals surface area contributed by atoms with Crippen LogP contribution in [0.4, 0.5) is 4.39 Å². The molecule has 1 aromatic rings. The van der Waals surface area contributed by atoms with E-state index in [4.69, 9.17) is 10.9 Å². The van der Waals surface area contributed by atoms with Crippen molar-refractivity contribution in [3.8, 4) is 0 Å². The van der Waals surface area contributed by atoms with Crippen LogP contribution in [0.25, 0.3) is 0 Å². The van der Waals surface area contributed by atoms with Crippen molar-refractivity contribution in [3.05, 3.63) is 35.1 Å². The fraction of sp³-hybridized carbons (Fsp3) is 0.533. The molecule has 1 heterocycles. The molecule has 116 valence electrons. The summed E-state index contributed by atoms with van der Waals surface area (Å²) in [5.41, 5.74) is 6.08. The maximum absolute atomic E-state index is 14.4. The molecule has 0 amide bonds. The van der Waals surface area contributed by atoms with Crippen LogP contribution in [0.5, 0.6) is 0 Å². The highest BCUT2D eigenvalue weighted by molar-refractivity contribution is 5.97. The van der Waals surface area contributed by atoms with Gasteiger partial charge in [-0.2, -0.15) is 0 Å². The fourth-order valence-electron chi connectivity index (χ4n) is 2.82. The van der Waals surface area contributed by atoms with Gasteiger partial charge in [0.25, 0.3) is 0 Å². The van der Waals surface area contributed by atoms with Crippen LogP contribution in [0.1, 0.15) is 36.8 Å². The molecule has 0 aliphatic carbocycles. The topological polar surface area (TPSA) is 82.1 Å². The molecular weight excluding hydrogens is 273 g/mol. The molecule has 0 spiro atoms. The van der Waals surface area contributed by atoms with Crippen molar-refractivity contribution >= 4 is 5.84 Å².